The summed E-state index contributed by atoms with van der Waals surface area (Å²) in [6.45, 7) is 0.293. The number of fused-ring (bicyclic) bond motifs is 1. The van der Waals surface area contributed by atoms with Crippen molar-refractivity contribution in [3.8, 4) is 11.6 Å². The zero-order valence-electron chi connectivity index (χ0n) is 9.41. The molecule has 7 nitrogen and oxygen atoms in total. The lowest BCUT2D eigenvalue weighted by atomic mass is 10.3. The van der Waals surface area contributed by atoms with Gasteiger partial charge < -0.3 is 14.6 Å². The number of halogens is 1. The second-order valence-electron chi connectivity index (χ2n) is 3.39. The van der Waals surface area contributed by atoms with Gasteiger partial charge in [-0.15, -0.1) is 0 Å². The van der Waals surface area contributed by atoms with Crippen molar-refractivity contribution >= 4 is 26.0 Å². The molecule has 1 aromatic rings. The van der Waals surface area contributed by atoms with Crippen LogP contribution in [0.3, 0.4) is 0 Å². The van der Waals surface area contributed by atoms with Crippen molar-refractivity contribution in [1.29, 1.82) is 0 Å². The summed E-state index contributed by atoms with van der Waals surface area (Å²) >= 11 is 3.32. The molecule has 0 aromatic carbocycles. The van der Waals surface area contributed by atoms with E-state index in [1.165, 1.54) is 0 Å². The van der Waals surface area contributed by atoms with Crippen LogP contribution in [0, 0.1) is 0 Å². The first-order valence-electron chi connectivity index (χ1n) is 4.78. The molecule has 1 aromatic heterocycles. The third-order valence-corrected chi connectivity index (χ3v) is 2.34. The molecule has 1 atom stereocenters. The molecular formula is C9H12BrNO6S. The van der Waals surface area contributed by atoms with Crippen LogP contribution in [0.2, 0.25) is 0 Å². The molecular weight excluding hydrogens is 330 g/mol. The van der Waals surface area contributed by atoms with Gasteiger partial charge in [-0.2, -0.15) is 8.42 Å². The predicted molar refractivity (Wildman–Crippen MR) is 66.4 cm³/mol. The van der Waals surface area contributed by atoms with Crippen molar-refractivity contribution in [2.75, 3.05) is 19.5 Å². The standard InChI is InChI=1S/C8H8BrNO3.CH4O3S/c9-6-1-2-10-8-7(6)12-4-5(3-11)13-8;1-5(2,3)4/h1-2,5,11H,3-4H2;1H3,(H,2,3,4)/t5-;/m0./s1. The van der Waals surface area contributed by atoms with E-state index in [4.69, 9.17) is 19.1 Å². The van der Waals surface area contributed by atoms with Crippen LogP contribution in [0.15, 0.2) is 16.7 Å². The van der Waals surface area contributed by atoms with Crippen molar-refractivity contribution in [3.63, 3.8) is 0 Å². The molecule has 0 saturated carbocycles. The van der Waals surface area contributed by atoms with Crippen molar-refractivity contribution < 1.29 is 27.6 Å². The topological polar surface area (TPSA) is 106 Å². The van der Waals surface area contributed by atoms with Gasteiger partial charge in [0.1, 0.15) is 6.61 Å². The molecule has 2 N–H and O–H groups in total. The Hall–Kier alpha value is -0.900. The van der Waals surface area contributed by atoms with Crippen LogP contribution in [0.1, 0.15) is 0 Å². The van der Waals surface area contributed by atoms with Gasteiger partial charge in [0, 0.05) is 6.20 Å². The molecule has 0 aliphatic carbocycles. The predicted octanol–water partition coefficient (Wildman–Crippen LogP) is 0.480. The molecule has 1 aliphatic rings. The first-order valence-corrected chi connectivity index (χ1v) is 7.42. The lowest BCUT2D eigenvalue weighted by molar-refractivity contribution is 0.0406. The maximum atomic E-state index is 9.19. The van der Waals surface area contributed by atoms with Gasteiger partial charge in [-0.25, -0.2) is 4.98 Å². The Morgan fingerprint density at radius 1 is 1.61 bits per heavy atom. The minimum atomic E-state index is -3.67. The highest BCUT2D eigenvalue weighted by molar-refractivity contribution is 9.10. The SMILES string of the molecule is CS(=O)(=O)O.OC[C@H]1COc2c(Br)ccnc2O1. The van der Waals surface area contributed by atoms with E-state index in [9.17, 15) is 8.42 Å². The maximum absolute atomic E-state index is 9.19. The molecule has 9 heteroatoms. The molecule has 0 bridgehead atoms. The second-order valence-corrected chi connectivity index (χ2v) is 5.71. The zero-order valence-corrected chi connectivity index (χ0v) is 11.8. The molecule has 0 amide bonds. The summed E-state index contributed by atoms with van der Waals surface area (Å²) in [5.41, 5.74) is 0. The molecule has 0 spiro atoms. The number of ether oxygens (including phenoxy) is 2. The van der Waals surface area contributed by atoms with Crippen molar-refractivity contribution in [2.24, 2.45) is 0 Å². The normalized spacial score (nSPS) is 17.7. The molecule has 102 valence electrons. The van der Waals surface area contributed by atoms with Gasteiger partial charge in [-0.3, -0.25) is 4.55 Å². The van der Waals surface area contributed by atoms with Crippen LogP contribution in [-0.2, 0) is 10.1 Å². The highest BCUT2D eigenvalue weighted by Crippen LogP contribution is 2.35. The Morgan fingerprint density at radius 3 is 2.78 bits per heavy atom. The van der Waals surface area contributed by atoms with E-state index in [-0.39, 0.29) is 12.7 Å². The Labute approximate surface area is 113 Å². The van der Waals surface area contributed by atoms with Gasteiger partial charge in [0.2, 0.25) is 0 Å². The average molecular weight is 342 g/mol. The third kappa shape index (κ3) is 5.17. The summed E-state index contributed by atoms with van der Waals surface area (Å²) in [5.74, 6) is 1.03. The van der Waals surface area contributed by atoms with Crippen LogP contribution in [-0.4, -0.2) is 48.6 Å². The number of aliphatic hydroxyl groups excluding tert-OH is 1. The molecule has 1 aliphatic heterocycles. The second kappa shape index (κ2) is 6.32. The fraction of sp³-hybridized carbons (Fsp3) is 0.444. The Kier molecular flexibility index (Phi) is 5.32. The summed E-state index contributed by atoms with van der Waals surface area (Å²) in [4.78, 5) is 3.99. The number of hydrogen-bond acceptors (Lipinski definition) is 6. The van der Waals surface area contributed by atoms with Crippen LogP contribution in [0.4, 0.5) is 0 Å². The van der Waals surface area contributed by atoms with Crippen LogP contribution < -0.4 is 9.47 Å². The fourth-order valence-corrected chi connectivity index (χ4v) is 1.48. The number of aromatic nitrogens is 1. The van der Waals surface area contributed by atoms with Gasteiger partial charge in [0.15, 0.2) is 11.9 Å². The maximum Gasteiger partial charge on any atom is 0.261 e. The minimum absolute atomic E-state index is 0.0619. The highest BCUT2D eigenvalue weighted by Gasteiger charge is 2.22. The lowest BCUT2D eigenvalue weighted by Crippen LogP contribution is -2.32. The van der Waals surface area contributed by atoms with E-state index in [2.05, 4.69) is 20.9 Å². The Morgan fingerprint density at radius 2 is 2.22 bits per heavy atom. The lowest BCUT2D eigenvalue weighted by Gasteiger charge is -2.24. The van der Waals surface area contributed by atoms with Crippen LogP contribution in [0.5, 0.6) is 11.6 Å². The average Bonchev–Trinajstić information content (AvgIpc) is 2.26. The Balaban J connectivity index is 0.000000280. The Bertz CT molecular complexity index is 498. The summed E-state index contributed by atoms with van der Waals surface area (Å²) < 4.78 is 37.4. The smallest absolute Gasteiger partial charge is 0.261 e. The number of nitrogens with zero attached hydrogens (tertiary/aromatic N) is 1. The molecule has 0 saturated heterocycles. The monoisotopic (exact) mass is 341 g/mol. The summed E-state index contributed by atoms with van der Waals surface area (Å²) in [6.07, 6.45) is 2.02. The number of aliphatic hydroxyl groups is 1. The van der Waals surface area contributed by atoms with Crippen LogP contribution in [0.25, 0.3) is 0 Å². The van der Waals surface area contributed by atoms with E-state index in [0.717, 1.165) is 4.47 Å². The molecule has 18 heavy (non-hydrogen) atoms. The van der Waals surface area contributed by atoms with E-state index in [1.54, 1.807) is 12.3 Å². The number of pyridine rings is 1. The largest absolute Gasteiger partial charge is 0.483 e. The van der Waals surface area contributed by atoms with Gasteiger partial charge in [-0.05, 0) is 22.0 Å². The van der Waals surface area contributed by atoms with Gasteiger partial charge in [-0.1, -0.05) is 0 Å². The van der Waals surface area contributed by atoms with E-state index in [1.807, 2.05) is 0 Å². The summed E-state index contributed by atoms with van der Waals surface area (Å²) in [5, 5.41) is 8.84. The summed E-state index contributed by atoms with van der Waals surface area (Å²) in [6, 6.07) is 1.78. The zero-order chi connectivity index (χ0) is 13.8. The van der Waals surface area contributed by atoms with Crippen molar-refractivity contribution in [1.82, 2.24) is 4.98 Å². The van der Waals surface area contributed by atoms with E-state index < -0.39 is 10.1 Å². The first kappa shape index (κ1) is 15.2. The van der Waals surface area contributed by atoms with Crippen molar-refractivity contribution in [3.05, 3.63) is 16.7 Å². The quantitative estimate of drug-likeness (QED) is 0.715. The number of rotatable bonds is 1. The van der Waals surface area contributed by atoms with E-state index in [0.29, 0.717) is 24.5 Å². The van der Waals surface area contributed by atoms with E-state index >= 15 is 0 Å². The van der Waals surface area contributed by atoms with Gasteiger partial charge in [0.25, 0.3) is 16.0 Å². The van der Waals surface area contributed by atoms with Crippen LogP contribution >= 0.6 is 15.9 Å². The molecule has 2 heterocycles. The minimum Gasteiger partial charge on any atom is -0.483 e. The first-order chi connectivity index (χ1) is 8.31. The van der Waals surface area contributed by atoms with Crippen molar-refractivity contribution in [2.45, 2.75) is 6.10 Å². The molecule has 0 radical (unpaired) electrons. The summed E-state index contributed by atoms with van der Waals surface area (Å²) in [7, 11) is -3.67. The highest BCUT2D eigenvalue weighted by atomic mass is 79.9. The molecule has 0 unspecified atom stereocenters. The number of hydrogen-bond donors (Lipinski definition) is 2. The molecule has 2 rings (SSSR count). The third-order valence-electron chi connectivity index (χ3n) is 1.72. The fourth-order valence-electron chi connectivity index (χ4n) is 1.08. The van der Waals surface area contributed by atoms with Gasteiger partial charge >= 0.3 is 0 Å². The van der Waals surface area contributed by atoms with Gasteiger partial charge in [0.05, 0.1) is 17.3 Å². The molecule has 0 fully saturated rings.